The van der Waals surface area contributed by atoms with Crippen LogP contribution in [0.4, 0.5) is 10.5 Å². The highest BCUT2D eigenvalue weighted by atomic mass is 16.5. The largest absolute Gasteiger partial charge is 0.383 e. The van der Waals surface area contributed by atoms with Gasteiger partial charge >= 0.3 is 6.03 Å². The summed E-state index contributed by atoms with van der Waals surface area (Å²) < 4.78 is 4.97. The zero-order valence-corrected chi connectivity index (χ0v) is 14.1. The van der Waals surface area contributed by atoms with E-state index in [9.17, 15) is 14.4 Å². The molecule has 1 aromatic carbocycles. The first-order valence-electron chi connectivity index (χ1n) is 7.86. The molecule has 1 aromatic rings. The van der Waals surface area contributed by atoms with E-state index in [4.69, 9.17) is 4.74 Å². The molecule has 4 amide bonds. The van der Waals surface area contributed by atoms with Crippen LogP contribution in [0.25, 0.3) is 0 Å². The summed E-state index contributed by atoms with van der Waals surface area (Å²) in [6.45, 7) is 2.57. The SMILES string of the molecule is COCCN1C(=O)NC(=O)[C@@]2(Cc3cc(C)ccc3N(C)C2)C1=O. The molecule has 1 spiro atoms. The highest BCUT2D eigenvalue weighted by Crippen LogP contribution is 2.39. The third-order valence-corrected chi connectivity index (χ3v) is 4.72. The molecule has 2 aliphatic heterocycles. The maximum atomic E-state index is 13.0. The smallest absolute Gasteiger partial charge is 0.330 e. The van der Waals surface area contributed by atoms with Crippen LogP contribution in [0.2, 0.25) is 0 Å². The topological polar surface area (TPSA) is 79.0 Å². The van der Waals surface area contributed by atoms with E-state index in [0.29, 0.717) is 0 Å². The van der Waals surface area contributed by atoms with Gasteiger partial charge in [0.05, 0.1) is 13.2 Å². The average molecular weight is 331 g/mol. The van der Waals surface area contributed by atoms with Crippen molar-refractivity contribution in [3.63, 3.8) is 0 Å². The van der Waals surface area contributed by atoms with Gasteiger partial charge in [-0.05, 0) is 25.0 Å². The van der Waals surface area contributed by atoms with Gasteiger partial charge in [-0.15, -0.1) is 0 Å². The summed E-state index contributed by atoms with van der Waals surface area (Å²) in [5.41, 5.74) is 1.73. The van der Waals surface area contributed by atoms with E-state index in [-0.39, 0.29) is 26.1 Å². The van der Waals surface area contributed by atoms with Crippen molar-refractivity contribution in [2.45, 2.75) is 13.3 Å². The van der Waals surface area contributed by atoms with Gasteiger partial charge in [0.2, 0.25) is 11.8 Å². The van der Waals surface area contributed by atoms with Gasteiger partial charge in [-0.25, -0.2) is 4.79 Å². The van der Waals surface area contributed by atoms with Gasteiger partial charge < -0.3 is 9.64 Å². The number of methoxy groups -OCH3 is 1. The lowest BCUT2D eigenvalue weighted by Gasteiger charge is -2.45. The number of imide groups is 2. The van der Waals surface area contributed by atoms with Gasteiger partial charge in [0.25, 0.3) is 0 Å². The van der Waals surface area contributed by atoms with E-state index in [1.807, 2.05) is 37.1 Å². The minimum Gasteiger partial charge on any atom is -0.383 e. The first kappa shape index (κ1) is 16.4. The lowest BCUT2D eigenvalue weighted by molar-refractivity contribution is -0.151. The molecular formula is C17H21N3O4. The van der Waals surface area contributed by atoms with Gasteiger partial charge in [0.15, 0.2) is 0 Å². The van der Waals surface area contributed by atoms with Crippen molar-refractivity contribution < 1.29 is 19.1 Å². The van der Waals surface area contributed by atoms with Crippen molar-refractivity contribution in [1.82, 2.24) is 10.2 Å². The predicted molar refractivity (Wildman–Crippen MR) is 87.7 cm³/mol. The van der Waals surface area contributed by atoms with Crippen molar-refractivity contribution in [1.29, 1.82) is 0 Å². The number of nitrogens with one attached hydrogen (secondary N) is 1. The Kier molecular flexibility index (Phi) is 4.04. The predicted octanol–water partition coefficient (Wildman–Crippen LogP) is 0.699. The van der Waals surface area contributed by atoms with E-state index in [1.54, 1.807) is 0 Å². The number of benzene rings is 1. The maximum Gasteiger partial charge on any atom is 0.330 e. The Bertz CT molecular complexity index is 718. The fourth-order valence-electron chi connectivity index (χ4n) is 3.51. The summed E-state index contributed by atoms with van der Waals surface area (Å²) >= 11 is 0. The number of fused-ring (bicyclic) bond motifs is 1. The molecule has 0 aliphatic carbocycles. The molecular weight excluding hydrogens is 310 g/mol. The molecule has 0 unspecified atom stereocenters. The third-order valence-electron chi connectivity index (χ3n) is 4.72. The number of carbonyl (C=O) groups is 3. The lowest BCUT2D eigenvalue weighted by atomic mass is 9.74. The number of nitrogens with zero attached hydrogens (tertiary/aromatic N) is 2. The molecule has 0 aromatic heterocycles. The van der Waals surface area contributed by atoms with Crippen molar-refractivity contribution in [2.75, 3.05) is 38.8 Å². The van der Waals surface area contributed by atoms with Crippen molar-refractivity contribution >= 4 is 23.5 Å². The second-order valence-corrected chi connectivity index (χ2v) is 6.46. The fraction of sp³-hybridized carbons (Fsp3) is 0.471. The molecule has 1 saturated heterocycles. The molecule has 1 atom stereocenters. The van der Waals surface area contributed by atoms with Gasteiger partial charge in [-0.1, -0.05) is 17.7 Å². The van der Waals surface area contributed by atoms with E-state index >= 15 is 0 Å². The number of hydrogen-bond acceptors (Lipinski definition) is 5. The van der Waals surface area contributed by atoms with Crippen LogP contribution in [0.5, 0.6) is 0 Å². The van der Waals surface area contributed by atoms with Crippen LogP contribution in [0.3, 0.4) is 0 Å². The number of ether oxygens (including phenoxy) is 1. The number of rotatable bonds is 3. The molecule has 0 bridgehead atoms. The van der Waals surface area contributed by atoms with Crippen LogP contribution in [-0.2, 0) is 20.7 Å². The number of amides is 4. The van der Waals surface area contributed by atoms with Crippen LogP contribution < -0.4 is 10.2 Å². The quantitative estimate of drug-likeness (QED) is 0.825. The molecule has 1 fully saturated rings. The molecule has 2 aliphatic rings. The summed E-state index contributed by atoms with van der Waals surface area (Å²) in [5, 5.41) is 2.34. The number of urea groups is 1. The Balaban J connectivity index is 2.00. The normalized spacial score (nSPS) is 23.5. The van der Waals surface area contributed by atoms with E-state index in [2.05, 4.69) is 5.32 Å². The molecule has 7 heteroatoms. The lowest BCUT2D eigenvalue weighted by Crippen LogP contribution is -2.68. The zero-order valence-electron chi connectivity index (χ0n) is 14.1. The van der Waals surface area contributed by atoms with Crippen molar-refractivity contribution in [3.05, 3.63) is 29.3 Å². The molecule has 24 heavy (non-hydrogen) atoms. The zero-order chi connectivity index (χ0) is 17.5. The van der Waals surface area contributed by atoms with Crippen LogP contribution >= 0.6 is 0 Å². The second-order valence-electron chi connectivity index (χ2n) is 6.46. The summed E-state index contributed by atoms with van der Waals surface area (Å²) in [5.74, 6) is -0.975. The summed E-state index contributed by atoms with van der Waals surface area (Å²) in [4.78, 5) is 40.7. The standard InChI is InChI=1S/C17H21N3O4/c1-11-4-5-13-12(8-11)9-17(10-19(13)2)14(21)18-16(23)20(15(17)22)6-7-24-3/h4-5,8H,6-7,9-10H2,1-3H3,(H,18,21,23)/t17-/m0/s1. The minimum atomic E-state index is -1.28. The molecule has 0 radical (unpaired) electrons. The maximum absolute atomic E-state index is 13.0. The van der Waals surface area contributed by atoms with E-state index in [1.165, 1.54) is 7.11 Å². The Hall–Kier alpha value is -2.41. The average Bonchev–Trinajstić information content (AvgIpc) is 2.53. The monoisotopic (exact) mass is 331 g/mol. The van der Waals surface area contributed by atoms with Crippen LogP contribution in [0.1, 0.15) is 11.1 Å². The van der Waals surface area contributed by atoms with Crippen LogP contribution in [0.15, 0.2) is 18.2 Å². The van der Waals surface area contributed by atoms with Gasteiger partial charge in [-0.2, -0.15) is 0 Å². The highest BCUT2D eigenvalue weighted by molar-refractivity contribution is 6.20. The second kappa shape index (κ2) is 5.90. The van der Waals surface area contributed by atoms with Gasteiger partial charge in [0, 0.05) is 26.4 Å². The number of barbiturate groups is 1. The molecule has 1 N–H and O–H groups in total. The van der Waals surface area contributed by atoms with Crippen LogP contribution in [0, 0.1) is 12.3 Å². The molecule has 3 rings (SSSR count). The first-order chi connectivity index (χ1) is 11.4. The van der Waals surface area contributed by atoms with Gasteiger partial charge in [0.1, 0.15) is 5.41 Å². The van der Waals surface area contributed by atoms with Crippen molar-refractivity contribution in [2.24, 2.45) is 5.41 Å². The highest BCUT2D eigenvalue weighted by Gasteiger charge is 2.56. The molecule has 0 saturated carbocycles. The Morgan fingerprint density at radius 2 is 2.04 bits per heavy atom. The first-order valence-corrected chi connectivity index (χ1v) is 7.86. The number of hydrogen-bond donors (Lipinski definition) is 1. The minimum absolute atomic E-state index is 0.126. The number of carbonyl (C=O) groups excluding carboxylic acids is 3. The Morgan fingerprint density at radius 1 is 1.29 bits per heavy atom. The Labute approximate surface area is 140 Å². The van der Waals surface area contributed by atoms with E-state index < -0.39 is 23.3 Å². The van der Waals surface area contributed by atoms with Crippen LogP contribution in [-0.4, -0.2) is 56.6 Å². The van der Waals surface area contributed by atoms with Crippen molar-refractivity contribution in [3.8, 4) is 0 Å². The Morgan fingerprint density at radius 3 is 2.75 bits per heavy atom. The molecule has 7 nitrogen and oxygen atoms in total. The fourth-order valence-corrected chi connectivity index (χ4v) is 3.51. The summed E-state index contributed by atoms with van der Waals surface area (Å²) in [6, 6.07) is 5.31. The van der Waals surface area contributed by atoms with Gasteiger partial charge in [-0.3, -0.25) is 19.8 Å². The summed E-state index contributed by atoms with van der Waals surface area (Å²) in [6.07, 6.45) is 0.287. The number of aryl methyl sites for hydroxylation is 1. The summed E-state index contributed by atoms with van der Waals surface area (Å²) in [7, 11) is 3.35. The number of anilines is 1. The molecule has 2 heterocycles. The third kappa shape index (κ3) is 2.45. The molecule has 128 valence electrons. The van der Waals surface area contributed by atoms with E-state index in [0.717, 1.165) is 21.7 Å².